The van der Waals surface area contributed by atoms with Gasteiger partial charge in [0.15, 0.2) is 0 Å². The van der Waals surface area contributed by atoms with Crippen LogP contribution in [0.15, 0.2) is 48.7 Å². The van der Waals surface area contributed by atoms with Crippen LogP contribution >= 0.6 is 0 Å². The molecule has 1 aromatic heterocycles. The molecule has 116 valence electrons. The number of nitrogens with zero attached hydrogens (tertiary/aromatic N) is 2. The molecular formula is C18H23N3O. The third-order valence-corrected chi connectivity index (χ3v) is 3.90. The SMILES string of the molecule is CC(C)(C)NC(=O)N1CCn2cccc2[C@H]1c1ccccc1. The maximum absolute atomic E-state index is 12.7. The molecule has 4 nitrogen and oxygen atoms in total. The van der Waals surface area contributed by atoms with Gasteiger partial charge in [0.1, 0.15) is 0 Å². The van der Waals surface area contributed by atoms with E-state index in [1.807, 2.05) is 43.9 Å². The number of hydrogen-bond acceptors (Lipinski definition) is 1. The van der Waals surface area contributed by atoms with Crippen LogP contribution in [0, 0.1) is 0 Å². The van der Waals surface area contributed by atoms with Crippen molar-refractivity contribution in [3.8, 4) is 0 Å². The van der Waals surface area contributed by atoms with E-state index in [1.54, 1.807) is 0 Å². The molecule has 22 heavy (non-hydrogen) atoms. The Morgan fingerprint density at radius 2 is 1.82 bits per heavy atom. The number of aromatic nitrogens is 1. The maximum Gasteiger partial charge on any atom is 0.318 e. The molecule has 0 fully saturated rings. The van der Waals surface area contributed by atoms with Gasteiger partial charge in [-0.25, -0.2) is 4.79 Å². The average Bonchev–Trinajstić information content (AvgIpc) is 2.93. The van der Waals surface area contributed by atoms with Crippen molar-refractivity contribution < 1.29 is 4.79 Å². The summed E-state index contributed by atoms with van der Waals surface area (Å²) in [4.78, 5) is 14.7. The van der Waals surface area contributed by atoms with E-state index in [-0.39, 0.29) is 17.6 Å². The fraction of sp³-hybridized carbons (Fsp3) is 0.389. The van der Waals surface area contributed by atoms with Crippen molar-refractivity contribution in [2.24, 2.45) is 0 Å². The number of carbonyl (C=O) groups excluding carboxylic acids is 1. The molecule has 0 bridgehead atoms. The van der Waals surface area contributed by atoms with Gasteiger partial charge in [-0.05, 0) is 38.5 Å². The van der Waals surface area contributed by atoms with Crippen LogP contribution in [0.2, 0.25) is 0 Å². The van der Waals surface area contributed by atoms with Gasteiger partial charge in [-0.3, -0.25) is 0 Å². The van der Waals surface area contributed by atoms with Crippen molar-refractivity contribution in [3.63, 3.8) is 0 Å². The molecule has 1 aliphatic rings. The molecule has 0 aliphatic carbocycles. The van der Waals surface area contributed by atoms with Crippen LogP contribution in [0.3, 0.4) is 0 Å². The highest BCUT2D eigenvalue weighted by atomic mass is 16.2. The Labute approximate surface area is 131 Å². The van der Waals surface area contributed by atoms with Crippen LogP contribution in [0.25, 0.3) is 0 Å². The predicted molar refractivity (Wildman–Crippen MR) is 87.7 cm³/mol. The van der Waals surface area contributed by atoms with Gasteiger partial charge in [0.05, 0.1) is 6.04 Å². The Bertz CT molecular complexity index is 654. The molecule has 0 saturated carbocycles. The van der Waals surface area contributed by atoms with Gasteiger partial charge in [0.25, 0.3) is 0 Å². The summed E-state index contributed by atoms with van der Waals surface area (Å²) < 4.78 is 2.23. The first-order valence-electron chi connectivity index (χ1n) is 7.74. The minimum Gasteiger partial charge on any atom is -0.348 e. The van der Waals surface area contributed by atoms with Crippen LogP contribution in [-0.2, 0) is 6.54 Å². The molecule has 0 saturated heterocycles. The molecule has 1 N–H and O–H groups in total. The van der Waals surface area contributed by atoms with Gasteiger partial charge in [0.2, 0.25) is 0 Å². The highest BCUT2D eigenvalue weighted by Crippen LogP contribution is 2.32. The normalized spacial score (nSPS) is 18.0. The quantitative estimate of drug-likeness (QED) is 0.860. The first-order chi connectivity index (χ1) is 10.5. The molecular weight excluding hydrogens is 274 g/mol. The number of nitrogens with one attached hydrogen (secondary N) is 1. The largest absolute Gasteiger partial charge is 0.348 e. The van der Waals surface area contributed by atoms with Crippen molar-refractivity contribution in [2.45, 2.75) is 38.9 Å². The number of amides is 2. The Morgan fingerprint density at radius 3 is 2.50 bits per heavy atom. The van der Waals surface area contributed by atoms with E-state index in [9.17, 15) is 4.79 Å². The molecule has 3 rings (SSSR count). The van der Waals surface area contributed by atoms with Crippen molar-refractivity contribution in [1.29, 1.82) is 0 Å². The fourth-order valence-corrected chi connectivity index (χ4v) is 2.98. The topological polar surface area (TPSA) is 37.3 Å². The summed E-state index contributed by atoms with van der Waals surface area (Å²) in [7, 11) is 0. The molecule has 0 radical (unpaired) electrons. The van der Waals surface area contributed by atoms with Crippen LogP contribution in [0.1, 0.15) is 38.1 Å². The van der Waals surface area contributed by atoms with Crippen molar-refractivity contribution in [3.05, 3.63) is 59.9 Å². The van der Waals surface area contributed by atoms with Crippen LogP contribution in [-0.4, -0.2) is 27.6 Å². The number of hydrogen-bond donors (Lipinski definition) is 1. The van der Waals surface area contributed by atoms with Crippen LogP contribution in [0.5, 0.6) is 0 Å². The number of benzene rings is 1. The molecule has 1 atom stereocenters. The van der Waals surface area contributed by atoms with E-state index in [4.69, 9.17) is 0 Å². The van der Waals surface area contributed by atoms with Gasteiger partial charge in [0, 0.05) is 30.5 Å². The molecule has 1 aromatic carbocycles. The van der Waals surface area contributed by atoms with Gasteiger partial charge in [-0.2, -0.15) is 0 Å². The van der Waals surface area contributed by atoms with E-state index < -0.39 is 0 Å². The zero-order chi connectivity index (χ0) is 15.7. The Hall–Kier alpha value is -2.23. The lowest BCUT2D eigenvalue weighted by Gasteiger charge is -2.38. The van der Waals surface area contributed by atoms with Gasteiger partial charge in [-0.15, -0.1) is 0 Å². The Kier molecular flexibility index (Phi) is 3.69. The molecule has 0 spiro atoms. The first-order valence-corrected chi connectivity index (χ1v) is 7.74. The minimum absolute atomic E-state index is 0.00574. The molecule has 2 amide bonds. The van der Waals surface area contributed by atoms with E-state index in [2.05, 4.69) is 40.3 Å². The summed E-state index contributed by atoms with van der Waals surface area (Å²) in [5.74, 6) is 0. The molecule has 1 aliphatic heterocycles. The van der Waals surface area contributed by atoms with E-state index in [1.165, 1.54) is 5.69 Å². The van der Waals surface area contributed by atoms with Gasteiger partial charge >= 0.3 is 6.03 Å². The summed E-state index contributed by atoms with van der Waals surface area (Å²) >= 11 is 0. The molecule has 2 aromatic rings. The second-order valence-corrected chi connectivity index (χ2v) is 6.81. The summed E-state index contributed by atoms with van der Waals surface area (Å²) in [6.07, 6.45) is 2.09. The standard InChI is InChI=1S/C18H23N3O/c1-18(2,3)19-17(22)21-13-12-20-11-7-10-15(20)16(21)14-8-5-4-6-9-14/h4-11,16H,12-13H2,1-3H3,(H,19,22)/t16-/m1/s1. The number of rotatable bonds is 1. The third-order valence-electron chi connectivity index (χ3n) is 3.90. The fourth-order valence-electron chi connectivity index (χ4n) is 2.98. The zero-order valence-electron chi connectivity index (χ0n) is 13.4. The molecule has 4 heteroatoms. The lowest BCUT2D eigenvalue weighted by molar-refractivity contribution is 0.161. The van der Waals surface area contributed by atoms with Gasteiger partial charge in [-0.1, -0.05) is 30.3 Å². The predicted octanol–water partition coefficient (Wildman–Crippen LogP) is 3.40. The minimum atomic E-state index is -0.238. The zero-order valence-corrected chi connectivity index (χ0v) is 13.4. The smallest absolute Gasteiger partial charge is 0.318 e. The van der Waals surface area contributed by atoms with Crippen molar-refractivity contribution in [2.75, 3.05) is 6.54 Å². The van der Waals surface area contributed by atoms with Crippen LogP contribution in [0.4, 0.5) is 4.79 Å². The molecule has 0 unspecified atom stereocenters. The third kappa shape index (κ3) is 2.86. The second-order valence-electron chi connectivity index (χ2n) is 6.81. The maximum atomic E-state index is 12.7. The number of fused-ring (bicyclic) bond motifs is 1. The van der Waals surface area contributed by atoms with Gasteiger partial charge < -0.3 is 14.8 Å². The second kappa shape index (κ2) is 5.52. The summed E-state index contributed by atoms with van der Waals surface area (Å²) in [6.45, 7) is 7.57. The van der Waals surface area contributed by atoms with Crippen molar-refractivity contribution in [1.82, 2.24) is 14.8 Å². The monoisotopic (exact) mass is 297 g/mol. The number of carbonyl (C=O) groups is 1. The highest BCUT2D eigenvalue weighted by Gasteiger charge is 2.33. The lowest BCUT2D eigenvalue weighted by atomic mass is 10.00. The van der Waals surface area contributed by atoms with E-state index >= 15 is 0 Å². The van der Waals surface area contributed by atoms with E-state index in [0.29, 0.717) is 6.54 Å². The highest BCUT2D eigenvalue weighted by molar-refractivity contribution is 5.76. The number of urea groups is 1. The Balaban J connectivity index is 1.97. The van der Waals surface area contributed by atoms with Crippen molar-refractivity contribution >= 4 is 6.03 Å². The summed E-state index contributed by atoms with van der Waals surface area (Å²) in [5.41, 5.74) is 2.07. The van der Waals surface area contributed by atoms with E-state index in [0.717, 1.165) is 12.1 Å². The van der Waals surface area contributed by atoms with Crippen LogP contribution < -0.4 is 5.32 Å². The summed E-state index contributed by atoms with van der Waals surface area (Å²) in [5, 5.41) is 3.09. The Morgan fingerprint density at radius 1 is 1.09 bits per heavy atom. The summed E-state index contributed by atoms with van der Waals surface area (Å²) in [6, 6.07) is 14.3. The molecule has 2 heterocycles. The lowest BCUT2D eigenvalue weighted by Crippen LogP contribution is -2.52. The first kappa shape index (κ1) is 14.7. The average molecular weight is 297 g/mol.